The van der Waals surface area contributed by atoms with Gasteiger partial charge in [0.25, 0.3) is 0 Å². The lowest BCUT2D eigenvalue weighted by atomic mass is 10.1. The lowest BCUT2D eigenvalue weighted by molar-refractivity contribution is 0.0322. The number of aliphatic hydroxyl groups excluding tert-OH is 1. The normalized spacial score (nSPS) is 16.2. The van der Waals surface area contributed by atoms with Crippen molar-refractivity contribution in [2.45, 2.75) is 45.4 Å². The van der Waals surface area contributed by atoms with E-state index in [2.05, 4.69) is 17.4 Å². The van der Waals surface area contributed by atoms with E-state index in [1.54, 1.807) is 7.11 Å². The van der Waals surface area contributed by atoms with E-state index in [9.17, 15) is 5.11 Å². The zero-order chi connectivity index (χ0) is 14.5. The maximum Gasteiger partial charge on any atom is 0.125 e. The summed E-state index contributed by atoms with van der Waals surface area (Å²) in [6.07, 6.45) is 2.02. The molecule has 2 N–H and O–H groups in total. The summed E-state index contributed by atoms with van der Waals surface area (Å²) < 4.78 is 10.6. The number of aryl methyl sites for hydroxylation is 2. The number of aliphatic hydroxyl groups is 1. The monoisotopic (exact) mass is 279 g/mol. The molecule has 0 aliphatic heterocycles. The van der Waals surface area contributed by atoms with Crippen molar-refractivity contribution in [3.8, 4) is 5.75 Å². The van der Waals surface area contributed by atoms with Crippen LogP contribution >= 0.6 is 0 Å². The van der Waals surface area contributed by atoms with Crippen LogP contribution in [-0.4, -0.2) is 37.6 Å². The Morgan fingerprint density at radius 1 is 1.25 bits per heavy atom. The Balaban J connectivity index is 1.94. The summed E-state index contributed by atoms with van der Waals surface area (Å²) >= 11 is 0. The van der Waals surface area contributed by atoms with E-state index in [-0.39, 0.29) is 6.61 Å². The fourth-order valence-electron chi connectivity index (χ4n) is 2.34. The summed E-state index contributed by atoms with van der Waals surface area (Å²) in [6.45, 7) is 5.56. The molecule has 0 heterocycles. The predicted molar refractivity (Wildman–Crippen MR) is 79.2 cm³/mol. The standard InChI is InChI=1S/C16H25NO3/c1-11-6-13(8-17-14-4-5-14)7-12(2)16(11)20-10-15(18)9-19-3/h6-7,14-15,17-18H,4-5,8-10H2,1-3H3. The Kier molecular flexibility index (Phi) is 5.40. The maximum absolute atomic E-state index is 9.64. The number of hydrogen-bond acceptors (Lipinski definition) is 4. The minimum absolute atomic E-state index is 0.259. The lowest BCUT2D eigenvalue weighted by Gasteiger charge is -2.16. The van der Waals surface area contributed by atoms with Gasteiger partial charge in [0.1, 0.15) is 18.5 Å². The Hall–Kier alpha value is -1.10. The van der Waals surface area contributed by atoms with Gasteiger partial charge < -0.3 is 19.9 Å². The van der Waals surface area contributed by atoms with Crippen LogP contribution in [0.15, 0.2) is 12.1 Å². The van der Waals surface area contributed by atoms with Gasteiger partial charge in [0.05, 0.1) is 6.61 Å². The smallest absolute Gasteiger partial charge is 0.125 e. The van der Waals surface area contributed by atoms with Gasteiger partial charge in [-0.05, 0) is 43.4 Å². The molecule has 0 saturated heterocycles. The largest absolute Gasteiger partial charge is 0.490 e. The van der Waals surface area contributed by atoms with Crippen LogP contribution in [0.1, 0.15) is 29.5 Å². The molecule has 0 radical (unpaired) electrons. The minimum Gasteiger partial charge on any atom is -0.490 e. The molecular weight excluding hydrogens is 254 g/mol. The van der Waals surface area contributed by atoms with Crippen molar-refractivity contribution in [3.63, 3.8) is 0 Å². The van der Waals surface area contributed by atoms with Crippen LogP contribution in [-0.2, 0) is 11.3 Å². The zero-order valence-corrected chi connectivity index (χ0v) is 12.6. The highest BCUT2D eigenvalue weighted by molar-refractivity contribution is 5.43. The van der Waals surface area contributed by atoms with E-state index in [0.717, 1.165) is 29.5 Å². The van der Waals surface area contributed by atoms with Crippen molar-refractivity contribution in [3.05, 3.63) is 28.8 Å². The Morgan fingerprint density at radius 3 is 2.45 bits per heavy atom. The predicted octanol–water partition coefficient (Wildman–Crippen LogP) is 1.94. The third-order valence-electron chi connectivity index (χ3n) is 3.47. The van der Waals surface area contributed by atoms with Crippen LogP contribution in [0.25, 0.3) is 0 Å². The number of methoxy groups -OCH3 is 1. The van der Waals surface area contributed by atoms with Crippen molar-refractivity contribution in [2.75, 3.05) is 20.3 Å². The highest BCUT2D eigenvalue weighted by Gasteiger charge is 2.20. The van der Waals surface area contributed by atoms with E-state index in [1.807, 2.05) is 13.8 Å². The topological polar surface area (TPSA) is 50.7 Å². The molecule has 4 nitrogen and oxygen atoms in total. The third-order valence-corrected chi connectivity index (χ3v) is 3.47. The minimum atomic E-state index is -0.588. The summed E-state index contributed by atoms with van der Waals surface area (Å²) in [5.41, 5.74) is 3.51. The second-order valence-electron chi connectivity index (χ2n) is 5.63. The second-order valence-corrected chi connectivity index (χ2v) is 5.63. The first-order valence-electron chi connectivity index (χ1n) is 7.23. The van der Waals surface area contributed by atoms with Gasteiger partial charge in [-0.15, -0.1) is 0 Å². The van der Waals surface area contributed by atoms with Gasteiger partial charge in [-0.3, -0.25) is 0 Å². The highest BCUT2D eigenvalue weighted by Crippen LogP contribution is 2.26. The van der Waals surface area contributed by atoms with E-state index in [1.165, 1.54) is 18.4 Å². The van der Waals surface area contributed by atoms with Crippen LogP contribution in [0.4, 0.5) is 0 Å². The summed E-state index contributed by atoms with van der Waals surface area (Å²) in [6, 6.07) is 5.02. The first-order chi connectivity index (χ1) is 9.60. The first kappa shape index (κ1) is 15.3. The Bertz CT molecular complexity index is 420. The van der Waals surface area contributed by atoms with Crippen molar-refractivity contribution < 1.29 is 14.6 Å². The molecule has 1 aromatic rings. The molecule has 20 heavy (non-hydrogen) atoms. The Labute approximate surface area is 121 Å². The molecule has 4 heteroatoms. The van der Waals surface area contributed by atoms with Gasteiger partial charge in [-0.25, -0.2) is 0 Å². The summed E-state index contributed by atoms with van der Waals surface area (Å²) in [5, 5.41) is 13.2. The fourth-order valence-corrected chi connectivity index (χ4v) is 2.34. The molecule has 112 valence electrons. The number of hydrogen-bond donors (Lipinski definition) is 2. The third kappa shape index (κ3) is 4.47. The summed E-state index contributed by atoms with van der Waals surface area (Å²) in [7, 11) is 1.57. The Morgan fingerprint density at radius 2 is 1.90 bits per heavy atom. The molecule has 0 aromatic heterocycles. The number of ether oxygens (including phenoxy) is 2. The van der Waals surface area contributed by atoms with Gasteiger partial charge in [-0.2, -0.15) is 0 Å². The zero-order valence-electron chi connectivity index (χ0n) is 12.6. The quantitative estimate of drug-likeness (QED) is 0.763. The van der Waals surface area contributed by atoms with Gasteiger partial charge in [0.15, 0.2) is 0 Å². The fraction of sp³-hybridized carbons (Fsp3) is 0.625. The van der Waals surface area contributed by atoms with Crippen LogP contribution in [0.3, 0.4) is 0 Å². The molecule has 1 aromatic carbocycles. The van der Waals surface area contributed by atoms with Crippen LogP contribution in [0.5, 0.6) is 5.75 Å². The average Bonchev–Trinajstić information content (AvgIpc) is 3.19. The molecule has 1 fully saturated rings. The number of benzene rings is 1. The first-order valence-corrected chi connectivity index (χ1v) is 7.23. The van der Waals surface area contributed by atoms with Crippen LogP contribution in [0.2, 0.25) is 0 Å². The van der Waals surface area contributed by atoms with E-state index in [4.69, 9.17) is 9.47 Å². The van der Waals surface area contributed by atoms with Crippen LogP contribution < -0.4 is 10.1 Å². The lowest BCUT2D eigenvalue weighted by Crippen LogP contribution is -2.23. The molecular formula is C16H25NO3. The summed E-state index contributed by atoms with van der Waals surface area (Å²) in [5.74, 6) is 0.871. The average molecular weight is 279 g/mol. The van der Waals surface area contributed by atoms with Gasteiger partial charge in [-0.1, -0.05) is 12.1 Å². The molecule has 0 amide bonds. The van der Waals surface area contributed by atoms with Crippen molar-refractivity contribution in [2.24, 2.45) is 0 Å². The number of rotatable bonds is 8. The molecule has 1 atom stereocenters. The second kappa shape index (κ2) is 7.07. The van der Waals surface area contributed by atoms with Gasteiger partial charge in [0.2, 0.25) is 0 Å². The number of nitrogens with one attached hydrogen (secondary N) is 1. The van der Waals surface area contributed by atoms with Crippen LogP contribution in [0, 0.1) is 13.8 Å². The maximum atomic E-state index is 9.64. The van der Waals surface area contributed by atoms with Crippen molar-refractivity contribution in [1.82, 2.24) is 5.32 Å². The van der Waals surface area contributed by atoms with Crippen molar-refractivity contribution in [1.29, 1.82) is 0 Å². The SMILES string of the molecule is COCC(O)COc1c(C)cc(CNC2CC2)cc1C. The van der Waals surface area contributed by atoms with Crippen molar-refractivity contribution >= 4 is 0 Å². The molecule has 0 spiro atoms. The molecule has 1 saturated carbocycles. The molecule has 2 rings (SSSR count). The van der Waals surface area contributed by atoms with E-state index in [0.29, 0.717) is 6.61 Å². The molecule has 0 bridgehead atoms. The van der Waals surface area contributed by atoms with E-state index < -0.39 is 6.10 Å². The molecule has 1 aliphatic carbocycles. The highest BCUT2D eigenvalue weighted by atomic mass is 16.5. The molecule has 1 unspecified atom stereocenters. The molecule has 1 aliphatic rings. The van der Waals surface area contributed by atoms with E-state index >= 15 is 0 Å². The van der Waals surface area contributed by atoms with Gasteiger partial charge in [0, 0.05) is 19.7 Å². The van der Waals surface area contributed by atoms with Gasteiger partial charge >= 0.3 is 0 Å². The summed E-state index contributed by atoms with van der Waals surface area (Å²) in [4.78, 5) is 0.